The molecule has 0 spiro atoms. The molecule has 0 bridgehead atoms. The van der Waals surface area contributed by atoms with Gasteiger partial charge < -0.3 is 9.64 Å². The van der Waals surface area contributed by atoms with Crippen molar-refractivity contribution in [1.82, 2.24) is 9.80 Å². The zero-order valence-corrected chi connectivity index (χ0v) is 14.1. The van der Waals surface area contributed by atoms with Gasteiger partial charge in [-0.1, -0.05) is 6.92 Å². The Kier molecular flexibility index (Phi) is 4.54. The predicted octanol–water partition coefficient (Wildman–Crippen LogP) is 1.11. The maximum absolute atomic E-state index is 12.3. The molecule has 2 aliphatic rings. The summed E-state index contributed by atoms with van der Waals surface area (Å²) in [5, 5.41) is 0. The average Bonchev–Trinajstić information content (AvgIpc) is 2.62. The molecule has 0 N–H and O–H groups in total. The predicted molar refractivity (Wildman–Crippen MR) is 81.0 cm³/mol. The molecule has 0 aromatic heterocycles. The van der Waals surface area contributed by atoms with Gasteiger partial charge in [-0.15, -0.1) is 0 Å². The van der Waals surface area contributed by atoms with Crippen LogP contribution in [-0.4, -0.2) is 73.1 Å². The van der Waals surface area contributed by atoms with Crippen LogP contribution in [-0.2, 0) is 14.6 Å². The molecule has 21 heavy (non-hydrogen) atoms. The number of hydrogen-bond acceptors (Lipinski definition) is 5. The highest BCUT2D eigenvalue weighted by Crippen LogP contribution is 2.28. The minimum Gasteiger partial charge on any atom is -0.444 e. The minimum atomic E-state index is -3.08. The van der Waals surface area contributed by atoms with E-state index in [1.54, 1.807) is 4.90 Å². The number of sulfone groups is 1. The Balaban J connectivity index is 2.17. The first-order valence-corrected chi connectivity index (χ1v) is 9.39. The SMILES string of the molecule is CCCN1CCN(C(=O)OC(C)(C)C)[C@@H]2CS(=O)(=O)C[C@H]21. The van der Waals surface area contributed by atoms with Gasteiger partial charge >= 0.3 is 6.09 Å². The molecule has 0 aromatic rings. The molecule has 1 amide bonds. The molecular formula is C14H26N2O4S. The zero-order chi connectivity index (χ0) is 15.8. The van der Waals surface area contributed by atoms with Gasteiger partial charge in [0.1, 0.15) is 5.60 Å². The van der Waals surface area contributed by atoms with E-state index >= 15 is 0 Å². The van der Waals surface area contributed by atoms with Gasteiger partial charge in [0, 0.05) is 19.1 Å². The van der Waals surface area contributed by atoms with Gasteiger partial charge in [-0.3, -0.25) is 4.90 Å². The fraction of sp³-hybridized carbons (Fsp3) is 0.929. The van der Waals surface area contributed by atoms with E-state index in [9.17, 15) is 13.2 Å². The Morgan fingerprint density at radius 3 is 2.38 bits per heavy atom. The van der Waals surface area contributed by atoms with Crippen molar-refractivity contribution in [2.75, 3.05) is 31.1 Å². The summed E-state index contributed by atoms with van der Waals surface area (Å²) in [6.07, 6.45) is 0.584. The van der Waals surface area contributed by atoms with Crippen LogP contribution in [0.15, 0.2) is 0 Å². The summed E-state index contributed by atoms with van der Waals surface area (Å²) in [7, 11) is -3.08. The van der Waals surface area contributed by atoms with Gasteiger partial charge in [-0.2, -0.15) is 0 Å². The standard InChI is InChI=1S/C14H26N2O4S/c1-5-6-15-7-8-16(13(17)20-14(2,3)4)12-10-21(18,19)9-11(12)15/h11-12H,5-10H2,1-4H3/t11-,12-/m1/s1. The molecule has 122 valence electrons. The summed E-state index contributed by atoms with van der Waals surface area (Å²) in [5.41, 5.74) is -0.565. The molecule has 0 aromatic carbocycles. The third-order valence-corrected chi connectivity index (χ3v) is 5.63. The van der Waals surface area contributed by atoms with Crippen molar-refractivity contribution in [3.05, 3.63) is 0 Å². The first-order chi connectivity index (χ1) is 9.63. The molecule has 2 heterocycles. The Hall–Kier alpha value is -0.820. The van der Waals surface area contributed by atoms with Crippen molar-refractivity contribution in [3.63, 3.8) is 0 Å². The largest absolute Gasteiger partial charge is 0.444 e. The zero-order valence-electron chi connectivity index (χ0n) is 13.3. The smallest absolute Gasteiger partial charge is 0.410 e. The molecule has 0 saturated carbocycles. The number of piperazine rings is 1. The van der Waals surface area contributed by atoms with E-state index in [1.165, 1.54) is 0 Å². The molecule has 2 saturated heterocycles. The summed E-state index contributed by atoms with van der Waals surface area (Å²) in [6.45, 7) is 9.66. The van der Waals surface area contributed by atoms with Crippen molar-refractivity contribution in [3.8, 4) is 0 Å². The molecular weight excluding hydrogens is 292 g/mol. The number of fused-ring (bicyclic) bond motifs is 1. The van der Waals surface area contributed by atoms with Crippen molar-refractivity contribution in [2.45, 2.75) is 51.8 Å². The van der Waals surface area contributed by atoms with Crippen LogP contribution in [0.25, 0.3) is 0 Å². The average molecular weight is 318 g/mol. The molecule has 2 aliphatic heterocycles. The molecule has 2 atom stereocenters. The number of carbonyl (C=O) groups excluding carboxylic acids is 1. The molecule has 6 nitrogen and oxygen atoms in total. The Bertz CT molecular complexity index is 498. The van der Waals surface area contributed by atoms with Crippen LogP contribution in [0.2, 0.25) is 0 Å². The molecule has 0 radical (unpaired) electrons. The summed E-state index contributed by atoms with van der Waals surface area (Å²) in [5.74, 6) is 0.202. The number of carbonyl (C=O) groups is 1. The minimum absolute atomic E-state index is 0.0527. The van der Waals surface area contributed by atoms with Gasteiger partial charge in [0.25, 0.3) is 0 Å². The van der Waals surface area contributed by atoms with E-state index in [0.717, 1.165) is 13.0 Å². The second-order valence-electron chi connectivity index (χ2n) is 6.92. The van der Waals surface area contributed by atoms with Crippen molar-refractivity contribution >= 4 is 15.9 Å². The lowest BCUT2D eigenvalue weighted by molar-refractivity contribution is -0.00886. The van der Waals surface area contributed by atoms with E-state index in [1.807, 2.05) is 20.8 Å². The fourth-order valence-electron chi connectivity index (χ4n) is 3.14. The number of hydrogen-bond donors (Lipinski definition) is 0. The van der Waals surface area contributed by atoms with Crippen LogP contribution in [0.3, 0.4) is 0 Å². The third kappa shape index (κ3) is 3.88. The van der Waals surface area contributed by atoms with E-state index in [4.69, 9.17) is 4.74 Å². The van der Waals surface area contributed by atoms with Crippen molar-refractivity contribution < 1.29 is 17.9 Å². The van der Waals surface area contributed by atoms with Gasteiger partial charge in [0.05, 0.1) is 17.5 Å². The van der Waals surface area contributed by atoms with Crippen molar-refractivity contribution in [1.29, 1.82) is 0 Å². The maximum atomic E-state index is 12.3. The molecule has 0 aliphatic carbocycles. The Morgan fingerprint density at radius 1 is 1.19 bits per heavy atom. The fourth-order valence-corrected chi connectivity index (χ4v) is 5.15. The normalized spacial score (nSPS) is 29.2. The second-order valence-corrected chi connectivity index (χ2v) is 9.08. The molecule has 2 fully saturated rings. The maximum Gasteiger partial charge on any atom is 0.410 e. The van der Waals surface area contributed by atoms with Crippen LogP contribution in [0.1, 0.15) is 34.1 Å². The third-order valence-electron chi connectivity index (χ3n) is 3.93. The first kappa shape index (κ1) is 16.5. The Labute approximate surface area is 127 Å². The molecule has 0 unspecified atom stereocenters. The van der Waals surface area contributed by atoms with E-state index in [-0.39, 0.29) is 23.6 Å². The number of ether oxygens (including phenoxy) is 1. The van der Waals surface area contributed by atoms with Crippen LogP contribution < -0.4 is 0 Å². The topological polar surface area (TPSA) is 66.9 Å². The first-order valence-electron chi connectivity index (χ1n) is 7.57. The van der Waals surface area contributed by atoms with E-state index in [2.05, 4.69) is 11.8 Å². The lowest BCUT2D eigenvalue weighted by Crippen LogP contribution is -2.61. The quantitative estimate of drug-likeness (QED) is 0.763. The summed E-state index contributed by atoms with van der Waals surface area (Å²) >= 11 is 0. The van der Waals surface area contributed by atoms with E-state index < -0.39 is 21.5 Å². The van der Waals surface area contributed by atoms with E-state index in [0.29, 0.717) is 13.1 Å². The summed E-state index contributed by atoms with van der Waals surface area (Å²) < 4.78 is 29.4. The monoisotopic (exact) mass is 318 g/mol. The van der Waals surface area contributed by atoms with Gasteiger partial charge in [0.15, 0.2) is 9.84 Å². The van der Waals surface area contributed by atoms with Gasteiger partial charge in [-0.25, -0.2) is 13.2 Å². The Morgan fingerprint density at radius 2 is 1.81 bits per heavy atom. The van der Waals surface area contributed by atoms with Crippen LogP contribution in [0.5, 0.6) is 0 Å². The van der Waals surface area contributed by atoms with Gasteiger partial charge in [-0.05, 0) is 33.7 Å². The summed E-state index contributed by atoms with van der Waals surface area (Å²) in [4.78, 5) is 16.1. The van der Waals surface area contributed by atoms with Crippen LogP contribution in [0.4, 0.5) is 4.79 Å². The number of rotatable bonds is 2. The lowest BCUT2D eigenvalue weighted by atomic mass is 10.1. The number of nitrogens with zero attached hydrogens (tertiary/aromatic N) is 2. The number of amides is 1. The lowest BCUT2D eigenvalue weighted by Gasteiger charge is -2.43. The molecule has 7 heteroatoms. The highest BCUT2D eigenvalue weighted by Gasteiger charge is 2.48. The van der Waals surface area contributed by atoms with Crippen LogP contribution >= 0.6 is 0 Å². The molecule has 2 rings (SSSR count). The van der Waals surface area contributed by atoms with Crippen molar-refractivity contribution in [2.24, 2.45) is 0 Å². The highest BCUT2D eigenvalue weighted by molar-refractivity contribution is 7.91. The highest BCUT2D eigenvalue weighted by atomic mass is 32.2. The second kappa shape index (κ2) is 5.76. The van der Waals surface area contributed by atoms with Crippen LogP contribution in [0, 0.1) is 0 Å². The van der Waals surface area contributed by atoms with Gasteiger partial charge in [0.2, 0.25) is 0 Å². The summed E-state index contributed by atoms with van der Waals surface area (Å²) in [6, 6.07) is -0.360.